The van der Waals surface area contributed by atoms with Gasteiger partial charge >= 0.3 is 0 Å². The molecule has 0 saturated carbocycles. The summed E-state index contributed by atoms with van der Waals surface area (Å²) in [7, 11) is 0. The predicted molar refractivity (Wildman–Crippen MR) is 123 cm³/mol. The Labute approximate surface area is 183 Å². The van der Waals surface area contributed by atoms with E-state index >= 15 is 0 Å². The van der Waals surface area contributed by atoms with Gasteiger partial charge in [-0.05, 0) is 38.0 Å². The standard InChI is InChI=1S/C20H24N4O4S2/c1-3-28-11-5-9-24-19(27)15(30-20(24)29)12-14-16(21-7-10-25)22-17-13(2)6-4-8-23(17)18(14)26/h4,6,8,12,21,25H,3,5,7,9-11H2,1-2H3/b15-12+. The molecule has 0 unspecified atom stereocenters. The molecule has 160 valence electrons. The average Bonchev–Trinajstić information content (AvgIpc) is 2.99. The first-order valence-electron chi connectivity index (χ1n) is 9.67. The van der Waals surface area contributed by atoms with Gasteiger partial charge in [0.15, 0.2) is 0 Å². The Morgan fingerprint density at radius 2 is 2.20 bits per heavy atom. The highest BCUT2D eigenvalue weighted by atomic mass is 32.2. The van der Waals surface area contributed by atoms with Gasteiger partial charge in [-0.15, -0.1) is 0 Å². The van der Waals surface area contributed by atoms with Crippen molar-refractivity contribution in [3.8, 4) is 0 Å². The fourth-order valence-electron chi connectivity index (χ4n) is 3.04. The lowest BCUT2D eigenvalue weighted by atomic mass is 10.2. The van der Waals surface area contributed by atoms with E-state index in [9.17, 15) is 14.7 Å². The highest BCUT2D eigenvalue weighted by Gasteiger charge is 2.32. The normalized spacial score (nSPS) is 15.6. The number of thioether (sulfide) groups is 1. The van der Waals surface area contributed by atoms with Crippen LogP contribution in [0.3, 0.4) is 0 Å². The summed E-state index contributed by atoms with van der Waals surface area (Å²) in [6.07, 6.45) is 3.85. The zero-order chi connectivity index (χ0) is 21.7. The molecule has 1 saturated heterocycles. The summed E-state index contributed by atoms with van der Waals surface area (Å²) in [6.45, 7) is 5.54. The third-order valence-electron chi connectivity index (χ3n) is 4.51. The molecule has 2 aromatic rings. The van der Waals surface area contributed by atoms with Gasteiger partial charge in [0, 0.05) is 32.5 Å². The van der Waals surface area contributed by atoms with Gasteiger partial charge in [-0.2, -0.15) is 0 Å². The number of amides is 1. The molecule has 1 amide bonds. The fourth-order valence-corrected chi connectivity index (χ4v) is 4.33. The van der Waals surface area contributed by atoms with E-state index in [1.165, 1.54) is 27.1 Å². The molecule has 0 aliphatic carbocycles. The van der Waals surface area contributed by atoms with Crippen LogP contribution in [0.15, 0.2) is 28.0 Å². The van der Waals surface area contributed by atoms with Crippen molar-refractivity contribution in [1.82, 2.24) is 14.3 Å². The van der Waals surface area contributed by atoms with Crippen LogP contribution >= 0.6 is 24.0 Å². The maximum Gasteiger partial charge on any atom is 0.267 e. The number of nitrogens with zero attached hydrogens (tertiary/aromatic N) is 3. The van der Waals surface area contributed by atoms with Crippen LogP contribution in [0.5, 0.6) is 0 Å². The summed E-state index contributed by atoms with van der Waals surface area (Å²) in [4.78, 5) is 32.5. The zero-order valence-corrected chi connectivity index (χ0v) is 18.5. The molecule has 0 bridgehead atoms. The molecule has 0 atom stereocenters. The topological polar surface area (TPSA) is 96.2 Å². The number of hydrogen-bond acceptors (Lipinski definition) is 8. The number of carbonyl (C=O) groups is 1. The lowest BCUT2D eigenvalue weighted by molar-refractivity contribution is -0.122. The molecule has 1 fully saturated rings. The molecule has 2 aromatic heterocycles. The van der Waals surface area contributed by atoms with Gasteiger partial charge < -0.3 is 15.2 Å². The molecule has 1 aliphatic heterocycles. The number of nitrogens with one attached hydrogen (secondary N) is 1. The Morgan fingerprint density at radius 3 is 2.93 bits per heavy atom. The summed E-state index contributed by atoms with van der Waals surface area (Å²) in [5.41, 5.74) is 1.31. The van der Waals surface area contributed by atoms with Gasteiger partial charge in [-0.3, -0.25) is 18.9 Å². The number of anilines is 1. The highest BCUT2D eigenvalue weighted by Crippen LogP contribution is 2.33. The second-order valence-corrected chi connectivity index (χ2v) is 8.27. The Kier molecular flexibility index (Phi) is 7.59. The molecule has 1 aliphatic rings. The molecule has 0 spiro atoms. The number of pyridine rings is 1. The number of rotatable bonds is 9. The number of fused-ring (bicyclic) bond motifs is 1. The summed E-state index contributed by atoms with van der Waals surface area (Å²) in [6, 6.07) is 3.64. The third kappa shape index (κ3) is 4.72. The molecule has 30 heavy (non-hydrogen) atoms. The van der Waals surface area contributed by atoms with Gasteiger partial charge in [0.25, 0.3) is 11.5 Å². The molecule has 0 aromatic carbocycles. The van der Waals surface area contributed by atoms with Gasteiger partial charge in [0.1, 0.15) is 15.8 Å². The first-order chi connectivity index (χ1) is 14.5. The number of aryl methyl sites for hydroxylation is 1. The van der Waals surface area contributed by atoms with Crippen LogP contribution < -0.4 is 10.9 Å². The number of hydrogen-bond donors (Lipinski definition) is 2. The molecule has 10 heteroatoms. The van der Waals surface area contributed by atoms with Crippen LogP contribution in [0.4, 0.5) is 5.82 Å². The van der Waals surface area contributed by atoms with Crippen molar-refractivity contribution in [1.29, 1.82) is 0 Å². The van der Waals surface area contributed by atoms with Crippen molar-refractivity contribution in [3.05, 3.63) is 44.7 Å². The smallest absolute Gasteiger partial charge is 0.267 e. The minimum absolute atomic E-state index is 0.115. The fraction of sp³-hybridized carbons (Fsp3) is 0.400. The largest absolute Gasteiger partial charge is 0.395 e. The van der Waals surface area contributed by atoms with Crippen LogP contribution in [-0.2, 0) is 9.53 Å². The molecule has 2 N–H and O–H groups in total. The minimum Gasteiger partial charge on any atom is -0.395 e. The van der Waals surface area contributed by atoms with E-state index in [-0.39, 0.29) is 30.2 Å². The Hall–Kier alpha value is -2.27. The van der Waals surface area contributed by atoms with Gasteiger partial charge in [0.2, 0.25) is 0 Å². The second-order valence-electron chi connectivity index (χ2n) is 6.60. The first kappa shape index (κ1) is 22.4. The van der Waals surface area contributed by atoms with Gasteiger partial charge in [-0.1, -0.05) is 30.0 Å². The van der Waals surface area contributed by atoms with Crippen molar-refractivity contribution in [2.75, 3.05) is 38.2 Å². The molecular formula is C20H24N4O4S2. The molecule has 3 heterocycles. The van der Waals surface area contributed by atoms with Gasteiger partial charge in [-0.25, -0.2) is 4.98 Å². The maximum absolute atomic E-state index is 13.2. The average molecular weight is 449 g/mol. The maximum atomic E-state index is 13.2. The molecule has 3 rings (SSSR count). The van der Waals surface area contributed by atoms with Crippen LogP contribution in [0.2, 0.25) is 0 Å². The quantitative estimate of drug-likeness (QED) is 0.342. The number of carbonyl (C=O) groups excluding carboxylic acids is 1. The SMILES string of the molecule is CCOCCCN1C(=O)/C(=C\c2c(NCCO)nc3c(C)cccn3c2=O)SC1=S. The van der Waals surface area contributed by atoms with Crippen molar-refractivity contribution in [3.63, 3.8) is 0 Å². The molecule has 8 nitrogen and oxygen atoms in total. The van der Waals surface area contributed by atoms with Crippen LogP contribution in [0.1, 0.15) is 24.5 Å². The lowest BCUT2D eigenvalue weighted by Gasteiger charge is -2.14. The van der Waals surface area contributed by atoms with Crippen LogP contribution in [0, 0.1) is 6.92 Å². The highest BCUT2D eigenvalue weighted by molar-refractivity contribution is 8.26. The number of ether oxygens (including phenoxy) is 1. The second kappa shape index (κ2) is 10.2. The first-order valence-corrected chi connectivity index (χ1v) is 10.9. The Morgan fingerprint density at radius 1 is 1.40 bits per heavy atom. The summed E-state index contributed by atoms with van der Waals surface area (Å²) in [5, 5.41) is 12.2. The van der Waals surface area contributed by atoms with Crippen LogP contribution in [-0.4, -0.2) is 62.5 Å². The number of thiocarbonyl (C=S) groups is 1. The van der Waals surface area contributed by atoms with Crippen molar-refractivity contribution < 1.29 is 14.6 Å². The van der Waals surface area contributed by atoms with E-state index in [0.717, 1.165) is 5.56 Å². The van der Waals surface area contributed by atoms with E-state index in [0.29, 0.717) is 46.9 Å². The Balaban J connectivity index is 1.98. The van der Waals surface area contributed by atoms with Crippen molar-refractivity contribution >= 4 is 51.7 Å². The lowest BCUT2D eigenvalue weighted by Crippen LogP contribution is -2.29. The van der Waals surface area contributed by atoms with E-state index in [2.05, 4.69) is 10.3 Å². The predicted octanol–water partition coefficient (Wildman–Crippen LogP) is 2.03. The number of aromatic nitrogens is 2. The summed E-state index contributed by atoms with van der Waals surface area (Å²) < 4.78 is 7.23. The monoisotopic (exact) mass is 448 g/mol. The Bertz CT molecular complexity index is 1050. The number of aliphatic hydroxyl groups excluding tert-OH is 1. The number of aliphatic hydroxyl groups is 1. The van der Waals surface area contributed by atoms with Crippen molar-refractivity contribution in [2.24, 2.45) is 0 Å². The molecular weight excluding hydrogens is 424 g/mol. The van der Waals surface area contributed by atoms with E-state index in [4.69, 9.17) is 17.0 Å². The van der Waals surface area contributed by atoms with E-state index in [1.807, 2.05) is 19.9 Å². The van der Waals surface area contributed by atoms with E-state index < -0.39 is 0 Å². The molecule has 0 radical (unpaired) electrons. The van der Waals surface area contributed by atoms with Crippen LogP contribution in [0.25, 0.3) is 11.7 Å². The summed E-state index contributed by atoms with van der Waals surface area (Å²) >= 11 is 6.52. The van der Waals surface area contributed by atoms with Crippen molar-refractivity contribution in [2.45, 2.75) is 20.3 Å². The summed E-state index contributed by atoms with van der Waals surface area (Å²) in [5.74, 6) is 0.0910. The third-order valence-corrected chi connectivity index (χ3v) is 5.89. The van der Waals surface area contributed by atoms with E-state index in [1.54, 1.807) is 12.3 Å². The minimum atomic E-state index is -0.300. The zero-order valence-electron chi connectivity index (χ0n) is 16.9. The van der Waals surface area contributed by atoms with Gasteiger partial charge in [0.05, 0.1) is 17.1 Å².